The van der Waals surface area contributed by atoms with E-state index in [1.165, 1.54) is 24.3 Å². The third kappa shape index (κ3) is 4.43. The monoisotopic (exact) mass is 400 g/mol. The van der Waals surface area contributed by atoms with Crippen LogP contribution in [-0.2, 0) is 4.74 Å². The lowest BCUT2D eigenvalue weighted by Gasteiger charge is -2.09. The number of aromatic amines is 1. The van der Waals surface area contributed by atoms with E-state index in [1.807, 2.05) is 0 Å². The zero-order valence-corrected chi connectivity index (χ0v) is 15.0. The highest BCUT2D eigenvalue weighted by Gasteiger charge is 2.21. The van der Waals surface area contributed by atoms with Gasteiger partial charge in [-0.2, -0.15) is 0 Å². The van der Waals surface area contributed by atoms with Crippen LogP contribution in [0.4, 0.5) is 20.2 Å². The molecule has 3 N–H and O–H groups in total. The molecule has 10 heteroatoms. The fourth-order valence-corrected chi connectivity index (χ4v) is 2.40. The molecule has 0 bridgehead atoms. The van der Waals surface area contributed by atoms with Crippen molar-refractivity contribution in [3.63, 3.8) is 0 Å². The van der Waals surface area contributed by atoms with Gasteiger partial charge < -0.3 is 20.4 Å². The number of amides is 2. The summed E-state index contributed by atoms with van der Waals surface area (Å²) >= 11 is 0. The third-order valence-corrected chi connectivity index (χ3v) is 3.83. The Kier molecular flexibility index (Phi) is 5.63. The van der Waals surface area contributed by atoms with Gasteiger partial charge in [-0.25, -0.2) is 18.6 Å². The van der Waals surface area contributed by atoms with Crippen LogP contribution in [0.2, 0.25) is 0 Å². The Morgan fingerprint density at radius 1 is 1.00 bits per heavy atom. The van der Waals surface area contributed by atoms with Crippen LogP contribution in [0.1, 0.15) is 31.3 Å². The van der Waals surface area contributed by atoms with Gasteiger partial charge in [0.1, 0.15) is 17.3 Å². The molecular weight excluding hydrogens is 386 g/mol. The third-order valence-electron chi connectivity index (χ3n) is 3.83. The summed E-state index contributed by atoms with van der Waals surface area (Å²) in [7, 11) is 1.15. The van der Waals surface area contributed by atoms with Gasteiger partial charge in [-0.3, -0.25) is 9.59 Å². The number of hydrogen-bond donors (Lipinski definition) is 3. The number of anilines is 2. The SMILES string of the molecule is COC(=O)c1nc[nH]c1C(=O)Nc1ccc(NC(=O)c2ccc(F)cc2)c(F)c1. The zero-order valence-electron chi connectivity index (χ0n) is 15.0. The minimum atomic E-state index is -0.809. The second-order valence-electron chi connectivity index (χ2n) is 5.73. The lowest BCUT2D eigenvalue weighted by Crippen LogP contribution is -2.18. The molecule has 1 aromatic heterocycles. The summed E-state index contributed by atoms with van der Waals surface area (Å²) in [6.45, 7) is 0. The van der Waals surface area contributed by atoms with Crippen molar-refractivity contribution < 1.29 is 27.9 Å². The number of imidazole rings is 1. The number of carbonyl (C=O) groups excluding carboxylic acids is 3. The molecule has 2 amide bonds. The average molecular weight is 400 g/mol. The molecule has 0 fully saturated rings. The predicted octanol–water partition coefficient (Wildman–Crippen LogP) is 2.98. The number of ether oxygens (including phenoxy) is 1. The molecule has 0 atom stereocenters. The highest BCUT2D eigenvalue weighted by molar-refractivity contribution is 6.09. The summed E-state index contributed by atoms with van der Waals surface area (Å²) in [5.74, 6) is -3.47. The van der Waals surface area contributed by atoms with E-state index in [4.69, 9.17) is 0 Å². The molecule has 3 rings (SSSR count). The topological polar surface area (TPSA) is 113 Å². The number of benzene rings is 2. The van der Waals surface area contributed by atoms with Crippen LogP contribution in [0.5, 0.6) is 0 Å². The maximum Gasteiger partial charge on any atom is 0.359 e. The molecule has 0 aliphatic carbocycles. The number of methoxy groups -OCH3 is 1. The number of H-pyrrole nitrogens is 1. The highest BCUT2D eigenvalue weighted by atomic mass is 19.1. The Morgan fingerprint density at radius 3 is 2.38 bits per heavy atom. The quantitative estimate of drug-likeness (QED) is 0.570. The Labute approximate surface area is 162 Å². The first-order chi connectivity index (χ1) is 13.9. The van der Waals surface area contributed by atoms with Crippen molar-refractivity contribution in [2.24, 2.45) is 0 Å². The molecular formula is C19H14F2N4O4. The van der Waals surface area contributed by atoms with E-state index >= 15 is 0 Å². The van der Waals surface area contributed by atoms with E-state index in [0.717, 1.165) is 31.6 Å². The Morgan fingerprint density at radius 2 is 1.72 bits per heavy atom. The van der Waals surface area contributed by atoms with Crippen LogP contribution in [0, 0.1) is 11.6 Å². The maximum atomic E-state index is 14.3. The summed E-state index contributed by atoms with van der Waals surface area (Å²) in [5.41, 5.74) is -0.260. The summed E-state index contributed by atoms with van der Waals surface area (Å²) in [4.78, 5) is 42.2. The fraction of sp³-hybridized carbons (Fsp3) is 0.0526. The molecule has 148 valence electrons. The molecule has 0 unspecified atom stereocenters. The number of nitrogens with one attached hydrogen (secondary N) is 3. The van der Waals surface area contributed by atoms with Crippen molar-refractivity contribution in [3.8, 4) is 0 Å². The first-order valence-corrected chi connectivity index (χ1v) is 8.18. The van der Waals surface area contributed by atoms with Gasteiger partial charge in [-0.1, -0.05) is 0 Å². The standard InChI is InChI=1S/C19H14F2N4O4/c1-29-19(28)16-15(22-9-23-16)18(27)24-12-6-7-14(13(21)8-12)25-17(26)10-2-4-11(20)5-3-10/h2-9H,1H3,(H,22,23)(H,24,27)(H,25,26). The van der Waals surface area contributed by atoms with Gasteiger partial charge in [0.15, 0.2) is 5.69 Å². The van der Waals surface area contributed by atoms with Crippen molar-refractivity contribution in [1.29, 1.82) is 0 Å². The van der Waals surface area contributed by atoms with Gasteiger partial charge >= 0.3 is 5.97 Å². The number of aromatic nitrogens is 2. The van der Waals surface area contributed by atoms with Gasteiger partial charge in [0.05, 0.1) is 19.1 Å². The molecule has 0 saturated carbocycles. The van der Waals surface area contributed by atoms with E-state index in [9.17, 15) is 23.2 Å². The van der Waals surface area contributed by atoms with E-state index < -0.39 is 29.4 Å². The van der Waals surface area contributed by atoms with Crippen LogP contribution in [0.3, 0.4) is 0 Å². The molecule has 3 aromatic rings. The van der Waals surface area contributed by atoms with Crippen LogP contribution in [0.25, 0.3) is 0 Å². The number of rotatable bonds is 5. The molecule has 0 radical (unpaired) electrons. The van der Waals surface area contributed by atoms with E-state index in [-0.39, 0.29) is 28.3 Å². The minimum absolute atomic E-state index is 0.0812. The molecule has 8 nitrogen and oxygen atoms in total. The maximum absolute atomic E-state index is 14.3. The Hall–Kier alpha value is -4.08. The van der Waals surface area contributed by atoms with Crippen molar-refractivity contribution in [1.82, 2.24) is 9.97 Å². The van der Waals surface area contributed by atoms with Gasteiger partial charge in [0, 0.05) is 11.3 Å². The lowest BCUT2D eigenvalue weighted by molar-refractivity contribution is 0.0591. The van der Waals surface area contributed by atoms with Crippen LogP contribution in [-0.4, -0.2) is 34.9 Å². The minimum Gasteiger partial charge on any atom is -0.464 e. The number of hydrogen-bond acceptors (Lipinski definition) is 5. The normalized spacial score (nSPS) is 10.3. The summed E-state index contributed by atoms with van der Waals surface area (Å²) in [5, 5.41) is 4.77. The molecule has 0 aliphatic rings. The number of halogens is 2. The molecule has 29 heavy (non-hydrogen) atoms. The zero-order chi connectivity index (χ0) is 21.0. The van der Waals surface area contributed by atoms with Gasteiger partial charge in [-0.15, -0.1) is 0 Å². The van der Waals surface area contributed by atoms with Gasteiger partial charge in [0.25, 0.3) is 11.8 Å². The molecule has 0 spiro atoms. The summed E-state index contributed by atoms with van der Waals surface area (Å²) < 4.78 is 31.8. The van der Waals surface area contributed by atoms with Crippen molar-refractivity contribution in [3.05, 3.63) is 77.4 Å². The van der Waals surface area contributed by atoms with Gasteiger partial charge in [-0.05, 0) is 42.5 Å². The average Bonchev–Trinajstić information content (AvgIpc) is 3.20. The fourth-order valence-electron chi connectivity index (χ4n) is 2.40. The molecule has 0 saturated heterocycles. The largest absolute Gasteiger partial charge is 0.464 e. The number of nitrogens with zero attached hydrogens (tertiary/aromatic N) is 1. The van der Waals surface area contributed by atoms with Crippen molar-refractivity contribution in [2.75, 3.05) is 17.7 Å². The first kappa shape index (κ1) is 19.7. The second-order valence-corrected chi connectivity index (χ2v) is 5.73. The molecule has 0 aliphatic heterocycles. The first-order valence-electron chi connectivity index (χ1n) is 8.18. The van der Waals surface area contributed by atoms with Gasteiger partial charge in [0.2, 0.25) is 0 Å². The smallest absolute Gasteiger partial charge is 0.359 e. The van der Waals surface area contributed by atoms with Crippen LogP contribution in [0.15, 0.2) is 48.8 Å². The molecule has 1 heterocycles. The van der Waals surface area contributed by atoms with E-state index in [0.29, 0.717) is 0 Å². The summed E-state index contributed by atoms with van der Waals surface area (Å²) in [6, 6.07) is 8.35. The van der Waals surface area contributed by atoms with Crippen molar-refractivity contribution in [2.45, 2.75) is 0 Å². The van der Waals surface area contributed by atoms with E-state index in [2.05, 4.69) is 25.3 Å². The second kappa shape index (κ2) is 8.30. The predicted molar refractivity (Wildman–Crippen MR) is 98.6 cm³/mol. The van der Waals surface area contributed by atoms with Crippen LogP contribution >= 0.6 is 0 Å². The van der Waals surface area contributed by atoms with Crippen LogP contribution < -0.4 is 10.6 Å². The highest BCUT2D eigenvalue weighted by Crippen LogP contribution is 2.21. The Bertz CT molecular complexity index is 1080. The Balaban J connectivity index is 1.72. The van der Waals surface area contributed by atoms with E-state index in [1.54, 1.807) is 0 Å². The lowest BCUT2D eigenvalue weighted by atomic mass is 10.2. The number of carbonyl (C=O) groups is 3. The number of esters is 1. The molecule has 2 aromatic carbocycles. The summed E-state index contributed by atoms with van der Waals surface area (Å²) in [6.07, 6.45) is 1.15. The van der Waals surface area contributed by atoms with Crippen molar-refractivity contribution >= 4 is 29.2 Å².